The van der Waals surface area contributed by atoms with Crippen LogP contribution < -0.4 is 4.72 Å². The van der Waals surface area contributed by atoms with Crippen LogP contribution >= 0.6 is 23.2 Å². The number of sulfonamides is 1. The van der Waals surface area contributed by atoms with Crippen molar-refractivity contribution in [1.29, 1.82) is 0 Å². The number of fused-ring (bicyclic) bond motifs is 1. The number of anilines is 1. The molecule has 0 amide bonds. The molecule has 0 aliphatic rings. The van der Waals surface area contributed by atoms with E-state index in [9.17, 15) is 8.42 Å². The van der Waals surface area contributed by atoms with Crippen LogP contribution in [0.1, 0.15) is 0 Å². The highest BCUT2D eigenvalue weighted by molar-refractivity contribution is 7.92. The number of para-hydroxylation sites is 1. The lowest BCUT2D eigenvalue weighted by atomic mass is 10.1. The highest BCUT2D eigenvalue weighted by Gasteiger charge is 2.18. The molecule has 5 nitrogen and oxygen atoms in total. The largest absolute Gasteiger partial charge is 0.306 e. The van der Waals surface area contributed by atoms with E-state index in [0.29, 0.717) is 22.0 Å². The average Bonchev–Trinajstić information content (AvgIpc) is 3.08. The molecule has 0 unspecified atom stereocenters. The van der Waals surface area contributed by atoms with Gasteiger partial charge in [-0.15, -0.1) is 0 Å². The molecule has 4 rings (SSSR count). The molecule has 0 spiro atoms. The molecule has 0 saturated carbocycles. The van der Waals surface area contributed by atoms with Gasteiger partial charge in [0.25, 0.3) is 10.0 Å². The van der Waals surface area contributed by atoms with Gasteiger partial charge < -0.3 is 4.40 Å². The number of imidazole rings is 1. The van der Waals surface area contributed by atoms with Gasteiger partial charge in [0.15, 0.2) is 0 Å². The summed E-state index contributed by atoms with van der Waals surface area (Å²) >= 11 is 11.8. The molecule has 2 aromatic heterocycles. The number of hydrogen-bond acceptors (Lipinski definition) is 3. The summed E-state index contributed by atoms with van der Waals surface area (Å²) in [6, 6.07) is 16.9. The Morgan fingerprint density at radius 3 is 2.48 bits per heavy atom. The maximum atomic E-state index is 12.8. The Hall–Kier alpha value is -2.54. The first-order chi connectivity index (χ1) is 12.9. The summed E-state index contributed by atoms with van der Waals surface area (Å²) in [5.74, 6) is 0. The molecule has 0 aliphatic carbocycles. The number of aromatic nitrogens is 2. The minimum atomic E-state index is -3.84. The number of pyridine rings is 1. The summed E-state index contributed by atoms with van der Waals surface area (Å²) in [6.07, 6.45) is 3.73. The first kappa shape index (κ1) is 17.9. The summed E-state index contributed by atoms with van der Waals surface area (Å²) in [7, 11) is -3.84. The van der Waals surface area contributed by atoms with Crippen molar-refractivity contribution in [3.8, 4) is 11.3 Å². The molecule has 1 N–H and O–H groups in total. The number of nitrogens with one attached hydrogen (secondary N) is 1. The summed E-state index contributed by atoms with van der Waals surface area (Å²) in [5.41, 5.74) is 2.53. The van der Waals surface area contributed by atoms with Gasteiger partial charge in [-0.1, -0.05) is 47.5 Å². The Balaban J connectivity index is 1.75. The first-order valence-electron chi connectivity index (χ1n) is 7.95. The van der Waals surface area contributed by atoms with Gasteiger partial charge in [0.05, 0.1) is 26.3 Å². The van der Waals surface area contributed by atoms with Gasteiger partial charge in [0.1, 0.15) is 5.65 Å². The van der Waals surface area contributed by atoms with Gasteiger partial charge in [0.2, 0.25) is 0 Å². The number of hydrogen-bond donors (Lipinski definition) is 1. The second-order valence-electron chi connectivity index (χ2n) is 5.82. The number of benzene rings is 2. The molecule has 0 bridgehead atoms. The Morgan fingerprint density at radius 2 is 1.70 bits per heavy atom. The van der Waals surface area contributed by atoms with Crippen LogP contribution in [0.25, 0.3) is 16.9 Å². The highest BCUT2D eigenvalue weighted by Crippen LogP contribution is 2.30. The Bertz CT molecular complexity index is 1220. The van der Waals surface area contributed by atoms with Crippen LogP contribution in [0.4, 0.5) is 5.69 Å². The van der Waals surface area contributed by atoms with Crippen LogP contribution in [0.3, 0.4) is 0 Å². The summed E-state index contributed by atoms with van der Waals surface area (Å²) in [6.45, 7) is 0. The number of nitrogens with zero attached hydrogens (tertiary/aromatic N) is 2. The molecule has 136 valence electrons. The normalized spacial score (nSPS) is 11.6. The summed E-state index contributed by atoms with van der Waals surface area (Å²) < 4.78 is 30.1. The van der Waals surface area contributed by atoms with Gasteiger partial charge in [0, 0.05) is 18.0 Å². The topological polar surface area (TPSA) is 63.5 Å². The highest BCUT2D eigenvalue weighted by atomic mass is 35.5. The predicted molar refractivity (Wildman–Crippen MR) is 108 cm³/mol. The summed E-state index contributed by atoms with van der Waals surface area (Å²) in [5, 5.41) is 0.467. The van der Waals surface area contributed by atoms with Gasteiger partial charge in [-0.25, -0.2) is 13.4 Å². The third-order valence-corrected chi connectivity index (χ3v) is 6.11. The fourth-order valence-corrected chi connectivity index (χ4v) is 4.18. The van der Waals surface area contributed by atoms with Crippen molar-refractivity contribution < 1.29 is 8.42 Å². The molecule has 0 radical (unpaired) electrons. The minimum absolute atomic E-state index is 0.0294. The van der Waals surface area contributed by atoms with Crippen LogP contribution in [0.2, 0.25) is 10.0 Å². The van der Waals surface area contributed by atoms with E-state index in [2.05, 4.69) is 9.71 Å². The molecule has 8 heteroatoms. The van der Waals surface area contributed by atoms with E-state index < -0.39 is 10.0 Å². The SMILES string of the molecule is O=S(=O)(Nc1ccccc1-c1cn2ccccc2n1)c1ccc(Cl)c(Cl)c1. The Morgan fingerprint density at radius 1 is 0.926 bits per heavy atom. The lowest BCUT2D eigenvalue weighted by Gasteiger charge is -2.12. The predicted octanol–water partition coefficient (Wildman–Crippen LogP) is 5.11. The third-order valence-electron chi connectivity index (χ3n) is 4.01. The second kappa shape index (κ2) is 6.88. The average molecular weight is 418 g/mol. The molecular formula is C19H13Cl2N3O2S. The zero-order chi connectivity index (χ0) is 19.0. The standard InChI is InChI=1S/C19H13Cl2N3O2S/c20-15-9-8-13(11-16(15)21)27(25,26)23-17-6-2-1-5-14(17)18-12-24-10-4-3-7-19(24)22-18/h1-12,23H. The van der Waals surface area contributed by atoms with Crippen LogP contribution in [-0.4, -0.2) is 17.8 Å². The molecule has 0 saturated heterocycles. The molecular weight excluding hydrogens is 405 g/mol. The van der Waals surface area contributed by atoms with Gasteiger partial charge in [-0.2, -0.15) is 0 Å². The van der Waals surface area contributed by atoms with Crippen LogP contribution in [-0.2, 0) is 10.0 Å². The smallest absolute Gasteiger partial charge is 0.261 e. The molecule has 0 fully saturated rings. The zero-order valence-corrected chi connectivity index (χ0v) is 16.1. The molecule has 27 heavy (non-hydrogen) atoms. The molecule has 0 aliphatic heterocycles. The van der Waals surface area contributed by atoms with Crippen molar-refractivity contribution in [3.63, 3.8) is 0 Å². The van der Waals surface area contributed by atoms with Crippen molar-refractivity contribution in [2.75, 3.05) is 4.72 Å². The van der Waals surface area contributed by atoms with E-state index in [1.165, 1.54) is 18.2 Å². The van der Waals surface area contributed by atoms with Gasteiger partial charge >= 0.3 is 0 Å². The minimum Gasteiger partial charge on any atom is -0.306 e. The van der Waals surface area contributed by atoms with Gasteiger partial charge in [-0.3, -0.25) is 4.72 Å². The van der Waals surface area contributed by atoms with Crippen molar-refractivity contribution in [2.24, 2.45) is 0 Å². The van der Waals surface area contributed by atoms with Crippen LogP contribution in [0, 0.1) is 0 Å². The van der Waals surface area contributed by atoms with Crippen LogP contribution in [0.15, 0.2) is 78.0 Å². The van der Waals surface area contributed by atoms with Gasteiger partial charge in [-0.05, 0) is 36.4 Å². The van der Waals surface area contributed by atoms with E-state index in [-0.39, 0.29) is 9.92 Å². The fourth-order valence-electron chi connectivity index (χ4n) is 2.71. The lowest BCUT2D eigenvalue weighted by molar-refractivity contribution is 0.601. The Labute approximate surface area is 166 Å². The fraction of sp³-hybridized carbons (Fsp3) is 0. The third kappa shape index (κ3) is 3.51. The molecule has 0 atom stereocenters. The summed E-state index contributed by atoms with van der Waals surface area (Å²) in [4.78, 5) is 4.59. The van der Waals surface area contributed by atoms with Crippen molar-refractivity contribution >= 4 is 44.6 Å². The first-order valence-corrected chi connectivity index (χ1v) is 10.2. The Kier molecular flexibility index (Phi) is 4.55. The van der Waals surface area contributed by atoms with Crippen molar-refractivity contribution in [3.05, 3.63) is 83.1 Å². The van der Waals surface area contributed by atoms with E-state index in [1.54, 1.807) is 12.1 Å². The monoisotopic (exact) mass is 417 g/mol. The second-order valence-corrected chi connectivity index (χ2v) is 8.32. The quantitative estimate of drug-likeness (QED) is 0.501. The number of rotatable bonds is 4. The van der Waals surface area contributed by atoms with E-state index in [1.807, 2.05) is 47.1 Å². The maximum Gasteiger partial charge on any atom is 0.261 e. The lowest BCUT2D eigenvalue weighted by Crippen LogP contribution is -2.13. The van der Waals surface area contributed by atoms with Crippen LogP contribution in [0.5, 0.6) is 0 Å². The van der Waals surface area contributed by atoms with Crippen molar-refractivity contribution in [1.82, 2.24) is 9.38 Å². The van der Waals surface area contributed by atoms with E-state index in [0.717, 1.165) is 5.65 Å². The van der Waals surface area contributed by atoms with Crippen molar-refractivity contribution in [2.45, 2.75) is 4.90 Å². The van der Waals surface area contributed by atoms with E-state index in [4.69, 9.17) is 23.2 Å². The molecule has 2 heterocycles. The molecule has 4 aromatic rings. The molecule has 2 aromatic carbocycles. The van der Waals surface area contributed by atoms with E-state index >= 15 is 0 Å². The number of halogens is 2. The zero-order valence-electron chi connectivity index (χ0n) is 13.8. The maximum absolute atomic E-state index is 12.8.